The summed E-state index contributed by atoms with van der Waals surface area (Å²) in [7, 11) is 0. The topological polar surface area (TPSA) is 107 Å². The van der Waals surface area contributed by atoms with Gasteiger partial charge in [-0.2, -0.15) is 4.98 Å². The van der Waals surface area contributed by atoms with Gasteiger partial charge in [0.2, 0.25) is 11.9 Å². The molecule has 1 saturated carbocycles. The van der Waals surface area contributed by atoms with Gasteiger partial charge in [-0.25, -0.2) is 9.97 Å². The van der Waals surface area contributed by atoms with E-state index in [1.807, 2.05) is 37.5 Å². The monoisotopic (exact) mass is 503 g/mol. The molecule has 0 aromatic carbocycles. The molecule has 2 aromatic heterocycles. The van der Waals surface area contributed by atoms with E-state index in [1.54, 1.807) is 0 Å². The summed E-state index contributed by atoms with van der Waals surface area (Å²) in [6.07, 6.45) is 16.3. The molecule has 2 atom stereocenters. The van der Waals surface area contributed by atoms with Crippen molar-refractivity contribution in [3.05, 3.63) is 36.2 Å². The Kier molecular flexibility index (Phi) is 6.48. The molecule has 9 heteroatoms. The lowest BCUT2D eigenvalue weighted by Crippen LogP contribution is -2.69. The van der Waals surface area contributed by atoms with Gasteiger partial charge in [0.1, 0.15) is 17.7 Å². The molecular formula is C28H37N7O2. The number of fused-ring (bicyclic) bond motifs is 4. The number of aliphatic hydroxyl groups excluding tert-OH is 1. The number of aliphatic hydroxyl groups is 1. The number of hydrogen-bond donors (Lipinski definition) is 3. The van der Waals surface area contributed by atoms with Crippen LogP contribution in [0.15, 0.2) is 30.6 Å². The maximum atomic E-state index is 12.8. The molecule has 4 aliphatic rings. The first-order valence-corrected chi connectivity index (χ1v) is 13.8. The van der Waals surface area contributed by atoms with E-state index in [1.165, 1.54) is 19.3 Å². The lowest BCUT2D eigenvalue weighted by Gasteiger charge is -2.54. The van der Waals surface area contributed by atoms with Crippen LogP contribution < -0.4 is 20.4 Å². The summed E-state index contributed by atoms with van der Waals surface area (Å²) < 4.78 is 0. The Labute approximate surface area is 218 Å². The van der Waals surface area contributed by atoms with E-state index >= 15 is 0 Å². The first-order chi connectivity index (χ1) is 18.0. The molecule has 6 rings (SSSR count). The molecule has 3 fully saturated rings. The van der Waals surface area contributed by atoms with Crippen molar-refractivity contribution >= 4 is 35.3 Å². The van der Waals surface area contributed by atoms with Crippen molar-refractivity contribution in [3.63, 3.8) is 0 Å². The largest absolute Gasteiger partial charge is 0.393 e. The number of hydrogen-bond acceptors (Lipinski definition) is 8. The minimum absolute atomic E-state index is 0.0402. The molecule has 0 bridgehead atoms. The van der Waals surface area contributed by atoms with Crippen molar-refractivity contribution < 1.29 is 9.90 Å². The van der Waals surface area contributed by atoms with Crippen molar-refractivity contribution in [1.82, 2.24) is 20.3 Å². The summed E-state index contributed by atoms with van der Waals surface area (Å²) in [5.74, 6) is 2.65. The predicted octanol–water partition coefficient (Wildman–Crippen LogP) is 3.64. The molecule has 37 heavy (non-hydrogen) atoms. The van der Waals surface area contributed by atoms with E-state index in [9.17, 15) is 9.90 Å². The number of aromatic nitrogens is 3. The Bertz CT molecular complexity index is 1150. The summed E-state index contributed by atoms with van der Waals surface area (Å²) in [4.78, 5) is 31.5. The summed E-state index contributed by atoms with van der Waals surface area (Å²) in [6.45, 7) is 4.52. The smallest absolute Gasteiger partial charge is 0.246 e. The van der Waals surface area contributed by atoms with Crippen molar-refractivity contribution in [3.8, 4) is 0 Å². The Morgan fingerprint density at radius 3 is 2.70 bits per heavy atom. The summed E-state index contributed by atoms with van der Waals surface area (Å²) in [5.41, 5.74) is 1.97. The van der Waals surface area contributed by atoms with Gasteiger partial charge in [-0.15, -0.1) is 0 Å². The second-order valence-electron chi connectivity index (χ2n) is 11.2. The maximum Gasteiger partial charge on any atom is 0.246 e. The quantitative estimate of drug-likeness (QED) is 0.568. The van der Waals surface area contributed by atoms with E-state index in [0.29, 0.717) is 24.2 Å². The van der Waals surface area contributed by atoms with Crippen molar-refractivity contribution in [2.24, 2.45) is 5.92 Å². The molecule has 1 unspecified atom stereocenters. The highest BCUT2D eigenvalue weighted by atomic mass is 16.3. The van der Waals surface area contributed by atoms with Crippen LogP contribution in [0.2, 0.25) is 0 Å². The number of piperazine rings is 1. The van der Waals surface area contributed by atoms with Crippen LogP contribution in [0.1, 0.15) is 63.9 Å². The van der Waals surface area contributed by atoms with Gasteiger partial charge in [-0.1, -0.05) is 31.4 Å². The fourth-order valence-corrected chi connectivity index (χ4v) is 6.63. The van der Waals surface area contributed by atoms with Crippen LogP contribution >= 0.6 is 0 Å². The molecule has 2 saturated heterocycles. The molecular weight excluding hydrogens is 466 g/mol. The molecule has 0 radical (unpaired) electrons. The third-order valence-corrected chi connectivity index (χ3v) is 8.56. The molecule has 1 spiro atoms. The summed E-state index contributed by atoms with van der Waals surface area (Å²) in [5, 5.41) is 16.1. The fourth-order valence-electron chi connectivity index (χ4n) is 6.63. The third-order valence-electron chi connectivity index (χ3n) is 8.56. The summed E-state index contributed by atoms with van der Waals surface area (Å²) in [6, 6.07) is 3.73. The van der Waals surface area contributed by atoms with Crippen LogP contribution in [0, 0.1) is 5.92 Å². The van der Waals surface area contributed by atoms with Gasteiger partial charge in [-0.05, 0) is 57.1 Å². The zero-order chi connectivity index (χ0) is 25.4. The van der Waals surface area contributed by atoms with E-state index in [4.69, 9.17) is 4.98 Å². The number of pyridine rings is 1. The van der Waals surface area contributed by atoms with Crippen molar-refractivity contribution in [2.45, 2.75) is 76.0 Å². The number of anilines is 4. The number of nitrogens with zero attached hydrogens (tertiary/aromatic N) is 5. The zero-order valence-electron chi connectivity index (χ0n) is 21.6. The molecule has 1 amide bonds. The normalized spacial score (nSPS) is 23.8. The highest BCUT2D eigenvalue weighted by Gasteiger charge is 2.49. The first-order valence-electron chi connectivity index (χ1n) is 13.8. The second-order valence-corrected chi connectivity index (χ2v) is 11.2. The molecule has 9 nitrogen and oxygen atoms in total. The molecule has 1 aliphatic carbocycles. The van der Waals surface area contributed by atoms with Gasteiger partial charge in [0.15, 0.2) is 0 Å². The lowest BCUT2D eigenvalue weighted by atomic mass is 9.77. The SMILES string of the molecule is C[C@@H](O)CC1CCN(c2ccc(Nc3ncc4c(n3)N3C(C=C4)C(=O)NCC34CCCCC4)nc2)CC1. The van der Waals surface area contributed by atoms with Crippen LogP contribution in [0.5, 0.6) is 0 Å². The van der Waals surface area contributed by atoms with E-state index in [2.05, 4.69) is 36.5 Å². The average Bonchev–Trinajstić information content (AvgIpc) is 2.92. The molecule has 3 N–H and O–H groups in total. The van der Waals surface area contributed by atoms with Crippen LogP contribution in [-0.4, -0.2) is 63.3 Å². The average molecular weight is 504 g/mol. The third kappa shape index (κ3) is 4.77. The van der Waals surface area contributed by atoms with E-state index < -0.39 is 0 Å². The van der Waals surface area contributed by atoms with Crippen molar-refractivity contribution in [1.29, 1.82) is 0 Å². The van der Waals surface area contributed by atoms with Gasteiger partial charge in [0, 0.05) is 31.4 Å². The molecule has 2 aromatic rings. The number of rotatable bonds is 5. The number of carbonyl (C=O) groups excluding carboxylic acids is 1. The standard InChI is InChI=1S/C28H37N7O2/c1-19(36)15-20-9-13-34(14-10-20)22-6-8-24(29-17-22)32-27-30-16-21-5-7-23-26(37)31-18-28(11-3-2-4-12-28)35(23)25(21)33-27/h5-8,16-17,19-20,23,36H,2-4,9-15,18H2,1H3,(H,31,37)(H,29,30,32,33)/t19-,23?/m1/s1. The van der Waals surface area contributed by atoms with Crippen molar-refractivity contribution in [2.75, 3.05) is 34.8 Å². The molecule has 5 heterocycles. The Hall–Kier alpha value is -3.20. The minimum Gasteiger partial charge on any atom is -0.393 e. The van der Waals surface area contributed by atoms with Gasteiger partial charge in [0.05, 0.1) is 23.5 Å². The van der Waals surface area contributed by atoms with Gasteiger partial charge >= 0.3 is 0 Å². The number of carbonyl (C=O) groups is 1. The van der Waals surface area contributed by atoms with Gasteiger partial charge in [0.25, 0.3) is 0 Å². The van der Waals surface area contributed by atoms with Gasteiger partial charge < -0.3 is 25.5 Å². The van der Waals surface area contributed by atoms with Crippen LogP contribution in [-0.2, 0) is 4.79 Å². The number of nitrogens with one attached hydrogen (secondary N) is 2. The van der Waals surface area contributed by atoms with Crippen LogP contribution in [0.3, 0.4) is 0 Å². The Balaban J connectivity index is 1.18. The predicted molar refractivity (Wildman–Crippen MR) is 145 cm³/mol. The first kappa shape index (κ1) is 24.2. The van der Waals surface area contributed by atoms with Crippen LogP contribution in [0.4, 0.5) is 23.3 Å². The molecule has 3 aliphatic heterocycles. The van der Waals surface area contributed by atoms with E-state index in [0.717, 1.165) is 62.3 Å². The maximum absolute atomic E-state index is 12.8. The molecule has 196 valence electrons. The van der Waals surface area contributed by atoms with Crippen LogP contribution in [0.25, 0.3) is 6.08 Å². The number of piperidine rings is 1. The fraction of sp³-hybridized carbons (Fsp3) is 0.571. The second kappa shape index (κ2) is 9.93. The van der Waals surface area contributed by atoms with E-state index in [-0.39, 0.29) is 23.6 Å². The summed E-state index contributed by atoms with van der Waals surface area (Å²) >= 11 is 0. The zero-order valence-corrected chi connectivity index (χ0v) is 21.6. The highest BCUT2D eigenvalue weighted by molar-refractivity contribution is 5.93. The Morgan fingerprint density at radius 1 is 1.16 bits per heavy atom. The van der Waals surface area contributed by atoms with Gasteiger partial charge in [-0.3, -0.25) is 4.79 Å². The minimum atomic E-state index is -0.329. The number of amides is 1. The Morgan fingerprint density at radius 2 is 1.97 bits per heavy atom. The lowest BCUT2D eigenvalue weighted by molar-refractivity contribution is -0.123. The highest BCUT2D eigenvalue weighted by Crippen LogP contribution is 2.43.